The first-order chi connectivity index (χ1) is 18.9. The molecule has 2 heterocycles. The van der Waals surface area contributed by atoms with Gasteiger partial charge in [0.15, 0.2) is 17.3 Å². The van der Waals surface area contributed by atoms with Crippen molar-refractivity contribution in [3.8, 4) is 11.5 Å². The summed E-state index contributed by atoms with van der Waals surface area (Å²) in [4.78, 5) is 16.6. The van der Waals surface area contributed by atoms with Crippen molar-refractivity contribution in [1.82, 2.24) is 15.1 Å². The minimum atomic E-state index is -0.740. The summed E-state index contributed by atoms with van der Waals surface area (Å²) in [5.74, 6) is 0.150. The third kappa shape index (κ3) is 6.06. The van der Waals surface area contributed by atoms with Gasteiger partial charge in [-0.25, -0.2) is 8.78 Å². The zero-order valence-corrected chi connectivity index (χ0v) is 21.8. The van der Waals surface area contributed by atoms with E-state index in [1.165, 1.54) is 0 Å². The van der Waals surface area contributed by atoms with Crippen molar-refractivity contribution < 1.29 is 23.0 Å². The zero-order chi connectivity index (χ0) is 27.4. The number of methoxy groups -OCH3 is 2. The van der Waals surface area contributed by atoms with Crippen molar-refractivity contribution >= 4 is 28.2 Å². The summed E-state index contributed by atoms with van der Waals surface area (Å²) in [6.45, 7) is 2.57. The van der Waals surface area contributed by atoms with E-state index in [4.69, 9.17) is 9.47 Å². The van der Waals surface area contributed by atoms with Crippen molar-refractivity contribution in [2.24, 2.45) is 0 Å². The Hall–Kier alpha value is -4.31. The standard InChI is InChI=1S/C29H29F2N5O3/c1-38-26-16-23-24(17-27(26)39-2)29(34-33-25(23)12-19-6-4-3-5-7-19)36-10-8-35(9-11-36)18-28(37)32-22-14-20(30)13-21(31)15-22/h3-7,13-17H,8-12,18H2,1-2H3,(H,32,37). The van der Waals surface area contributed by atoms with Gasteiger partial charge in [0.05, 0.1) is 26.5 Å². The van der Waals surface area contributed by atoms with Gasteiger partial charge in [-0.15, -0.1) is 5.10 Å². The first-order valence-electron chi connectivity index (χ1n) is 12.6. The second kappa shape index (κ2) is 11.6. The molecule has 0 saturated carbocycles. The molecule has 1 fully saturated rings. The molecule has 4 aromatic rings. The van der Waals surface area contributed by atoms with Crippen LogP contribution in [-0.2, 0) is 11.2 Å². The van der Waals surface area contributed by atoms with E-state index in [0.717, 1.165) is 46.0 Å². The number of amides is 1. The number of hydrogen-bond donors (Lipinski definition) is 1. The molecule has 1 aliphatic heterocycles. The van der Waals surface area contributed by atoms with Crippen LogP contribution in [0.1, 0.15) is 11.3 Å². The molecule has 3 aromatic carbocycles. The van der Waals surface area contributed by atoms with Crippen LogP contribution in [0.3, 0.4) is 0 Å². The van der Waals surface area contributed by atoms with Gasteiger partial charge in [0.25, 0.3) is 0 Å². The highest BCUT2D eigenvalue weighted by atomic mass is 19.1. The van der Waals surface area contributed by atoms with Crippen LogP contribution in [0, 0.1) is 11.6 Å². The average molecular weight is 534 g/mol. The van der Waals surface area contributed by atoms with Crippen LogP contribution in [0.15, 0.2) is 60.7 Å². The van der Waals surface area contributed by atoms with Gasteiger partial charge < -0.3 is 19.7 Å². The van der Waals surface area contributed by atoms with Gasteiger partial charge in [-0.2, -0.15) is 5.10 Å². The molecule has 8 nitrogen and oxygen atoms in total. The van der Waals surface area contributed by atoms with Crippen molar-refractivity contribution in [2.45, 2.75) is 6.42 Å². The Morgan fingerprint density at radius 3 is 2.15 bits per heavy atom. The van der Waals surface area contributed by atoms with E-state index in [1.54, 1.807) is 14.2 Å². The number of benzene rings is 3. The van der Waals surface area contributed by atoms with Gasteiger partial charge in [0, 0.05) is 55.1 Å². The topological polar surface area (TPSA) is 79.8 Å². The molecule has 0 atom stereocenters. The van der Waals surface area contributed by atoms with E-state index >= 15 is 0 Å². The highest BCUT2D eigenvalue weighted by Crippen LogP contribution is 2.37. The molecule has 0 unspecified atom stereocenters. The van der Waals surface area contributed by atoms with Gasteiger partial charge in [-0.3, -0.25) is 9.69 Å². The number of fused-ring (bicyclic) bond motifs is 1. The van der Waals surface area contributed by atoms with Crippen molar-refractivity contribution in [3.63, 3.8) is 0 Å². The SMILES string of the molecule is COc1cc2c(Cc3ccccc3)nnc(N3CCN(CC(=O)Nc4cc(F)cc(F)c4)CC3)c2cc1OC. The van der Waals surface area contributed by atoms with E-state index in [-0.39, 0.29) is 18.1 Å². The maximum atomic E-state index is 13.4. The summed E-state index contributed by atoms with van der Waals surface area (Å²) >= 11 is 0. The Labute approximate surface area is 225 Å². The van der Waals surface area contributed by atoms with E-state index in [0.29, 0.717) is 44.1 Å². The number of anilines is 2. The van der Waals surface area contributed by atoms with E-state index in [2.05, 4.69) is 32.5 Å². The Morgan fingerprint density at radius 2 is 1.51 bits per heavy atom. The van der Waals surface area contributed by atoms with Crippen LogP contribution in [-0.4, -0.2) is 67.9 Å². The summed E-state index contributed by atoms with van der Waals surface area (Å²) in [7, 11) is 3.21. The minimum Gasteiger partial charge on any atom is -0.493 e. The van der Waals surface area contributed by atoms with Gasteiger partial charge in [-0.05, 0) is 29.8 Å². The highest BCUT2D eigenvalue weighted by Gasteiger charge is 2.24. The van der Waals surface area contributed by atoms with Crippen LogP contribution in [0.25, 0.3) is 10.8 Å². The number of halogens is 2. The fourth-order valence-electron chi connectivity index (χ4n) is 4.82. The number of ether oxygens (including phenoxy) is 2. The molecule has 39 heavy (non-hydrogen) atoms. The molecule has 0 bridgehead atoms. The summed E-state index contributed by atoms with van der Waals surface area (Å²) in [5.41, 5.74) is 2.06. The number of hydrogen-bond acceptors (Lipinski definition) is 7. The van der Waals surface area contributed by atoms with Crippen LogP contribution in [0.2, 0.25) is 0 Å². The maximum Gasteiger partial charge on any atom is 0.238 e. The van der Waals surface area contributed by atoms with Crippen molar-refractivity contribution in [2.75, 3.05) is 57.2 Å². The van der Waals surface area contributed by atoms with Gasteiger partial charge in [-0.1, -0.05) is 30.3 Å². The third-order valence-electron chi connectivity index (χ3n) is 6.74. The molecule has 1 aliphatic rings. The molecule has 1 saturated heterocycles. The molecule has 1 N–H and O–H groups in total. The first kappa shape index (κ1) is 26.3. The fourth-order valence-corrected chi connectivity index (χ4v) is 4.82. The quantitative estimate of drug-likeness (QED) is 0.362. The number of nitrogens with one attached hydrogen (secondary N) is 1. The van der Waals surface area contributed by atoms with Crippen molar-refractivity contribution in [1.29, 1.82) is 0 Å². The number of piperazine rings is 1. The first-order valence-corrected chi connectivity index (χ1v) is 12.6. The molecule has 1 amide bonds. The normalized spacial score (nSPS) is 13.9. The van der Waals surface area contributed by atoms with Crippen LogP contribution >= 0.6 is 0 Å². The van der Waals surface area contributed by atoms with Crippen LogP contribution in [0.5, 0.6) is 11.5 Å². The summed E-state index contributed by atoms with van der Waals surface area (Å²) in [6, 6.07) is 16.9. The molecule has 10 heteroatoms. The molecular weight excluding hydrogens is 504 g/mol. The smallest absolute Gasteiger partial charge is 0.238 e. The highest BCUT2D eigenvalue weighted by molar-refractivity contribution is 5.96. The van der Waals surface area contributed by atoms with Crippen LogP contribution in [0.4, 0.5) is 20.3 Å². The fraction of sp³-hybridized carbons (Fsp3) is 0.276. The van der Waals surface area contributed by atoms with Crippen molar-refractivity contribution in [3.05, 3.63) is 83.6 Å². The molecule has 5 rings (SSSR count). The Morgan fingerprint density at radius 1 is 0.872 bits per heavy atom. The summed E-state index contributed by atoms with van der Waals surface area (Å²) < 4.78 is 38.0. The van der Waals surface area contributed by atoms with Crippen LogP contribution < -0.4 is 19.7 Å². The van der Waals surface area contributed by atoms with E-state index < -0.39 is 11.6 Å². The molecule has 0 spiro atoms. The lowest BCUT2D eigenvalue weighted by atomic mass is 10.0. The lowest BCUT2D eigenvalue weighted by molar-refractivity contribution is -0.117. The lowest BCUT2D eigenvalue weighted by Gasteiger charge is -2.35. The Kier molecular flexibility index (Phi) is 7.83. The molecule has 0 radical (unpaired) electrons. The van der Waals surface area contributed by atoms with Gasteiger partial charge in [0.2, 0.25) is 5.91 Å². The molecular formula is C29H29F2N5O3. The third-order valence-corrected chi connectivity index (χ3v) is 6.74. The number of aromatic nitrogens is 2. The lowest BCUT2D eigenvalue weighted by Crippen LogP contribution is -2.49. The largest absolute Gasteiger partial charge is 0.493 e. The number of rotatable bonds is 8. The second-order valence-corrected chi connectivity index (χ2v) is 9.35. The van der Waals surface area contributed by atoms with E-state index in [9.17, 15) is 13.6 Å². The number of nitrogens with zero attached hydrogens (tertiary/aromatic N) is 4. The van der Waals surface area contributed by atoms with E-state index in [1.807, 2.05) is 35.2 Å². The maximum absolute atomic E-state index is 13.4. The Balaban J connectivity index is 1.33. The predicted molar refractivity (Wildman–Crippen MR) is 146 cm³/mol. The average Bonchev–Trinajstić information content (AvgIpc) is 2.93. The minimum absolute atomic E-state index is 0.0952. The predicted octanol–water partition coefficient (Wildman–Crippen LogP) is 4.28. The molecule has 202 valence electrons. The molecule has 1 aromatic heterocycles. The van der Waals surface area contributed by atoms with Gasteiger partial charge in [0.1, 0.15) is 11.6 Å². The molecule has 0 aliphatic carbocycles. The second-order valence-electron chi connectivity index (χ2n) is 9.35. The Bertz CT molecular complexity index is 1460. The zero-order valence-electron chi connectivity index (χ0n) is 21.8. The summed E-state index contributed by atoms with van der Waals surface area (Å²) in [6.07, 6.45) is 0.623. The summed E-state index contributed by atoms with van der Waals surface area (Å²) in [5, 5.41) is 13.6. The van der Waals surface area contributed by atoms with Gasteiger partial charge >= 0.3 is 0 Å². The number of carbonyl (C=O) groups is 1. The monoisotopic (exact) mass is 533 g/mol. The number of carbonyl (C=O) groups excluding carboxylic acids is 1.